The molecule has 2 aromatic rings. The van der Waals surface area contributed by atoms with Crippen LogP contribution in [0, 0.1) is 13.8 Å². The molecule has 1 unspecified atom stereocenters. The molecule has 2 N–H and O–H groups in total. The molecular formula is C13H15NS. The van der Waals surface area contributed by atoms with Gasteiger partial charge in [0.1, 0.15) is 0 Å². The van der Waals surface area contributed by atoms with E-state index >= 15 is 0 Å². The van der Waals surface area contributed by atoms with Crippen molar-refractivity contribution in [2.24, 2.45) is 5.73 Å². The Morgan fingerprint density at radius 1 is 1.07 bits per heavy atom. The first kappa shape index (κ1) is 10.4. The van der Waals surface area contributed by atoms with Gasteiger partial charge in [-0.15, -0.1) is 0 Å². The van der Waals surface area contributed by atoms with E-state index < -0.39 is 0 Å². The molecule has 1 aromatic carbocycles. The summed E-state index contributed by atoms with van der Waals surface area (Å²) in [6, 6.07) is 8.44. The molecule has 15 heavy (non-hydrogen) atoms. The lowest BCUT2D eigenvalue weighted by Gasteiger charge is -2.12. The highest BCUT2D eigenvalue weighted by Crippen LogP contribution is 2.25. The third-order valence-corrected chi connectivity index (χ3v) is 3.55. The van der Waals surface area contributed by atoms with Gasteiger partial charge in [-0.05, 0) is 41.3 Å². The van der Waals surface area contributed by atoms with Crippen LogP contribution in [0.25, 0.3) is 0 Å². The molecule has 1 atom stereocenters. The van der Waals surface area contributed by atoms with Gasteiger partial charge in [0.2, 0.25) is 0 Å². The van der Waals surface area contributed by atoms with Crippen LogP contribution in [0.1, 0.15) is 28.3 Å². The Hall–Kier alpha value is -1.12. The van der Waals surface area contributed by atoms with Crippen molar-refractivity contribution in [3.05, 3.63) is 57.3 Å². The average Bonchev–Trinajstić information content (AvgIpc) is 2.65. The van der Waals surface area contributed by atoms with Crippen molar-refractivity contribution in [1.29, 1.82) is 0 Å². The Labute approximate surface area is 94.6 Å². The molecule has 1 aromatic heterocycles. The molecule has 0 fully saturated rings. The van der Waals surface area contributed by atoms with E-state index in [0.717, 1.165) is 0 Å². The highest BCUT2D eigenvalue weighted by Gasteiger charge is 2.11. The summed E-state index contributed by atoms with van der Waals surface area (Å²) < 4.78 is 0. The molecule has 0 aliphatic rings. The SMILES string of the molecule is Cc1ccc(C(N)c2cscc2C)cc1. The molecule has 1 nitrogen and oxygen atoms in total. The standard InChI is InChI=1S/C13H15NS/c1-9-3-5-11(6-4-9)13(14)12-8-15-7-10(12)2/h3-8,13H,14H2,1-2H3. The van der Waals surface area contributed by atoms with Gasteiger partial charge in [-0.1, -0.05) is 29.8 Å². The van der Waals surface area contributed by atoms with Gasteiger partial charge < -0.3 is 5.73 Å². The molecule has 2 heteroatoms. The Morgan fingerprint density at radius 3 is 2.27 bits per heavy atom. The largest absolute Gasteiger partial charge is 0.320 e. The molecule has 1 heterocycles. The van der Waals surface area contributed by atoms with Crippen LogP contribution in [0.15, 0.2) is 35.0 Å². The molecule has 0 spiro atoms. The molecule has 0 saturated heterocycles. The molecule has 78 valence electrons. The number of hydrogen-bond donors (Lipinski definition) is 1. The minimum Gasteiger partial charge on any atom is -0.320 e. The van der Waals surface area contributed by atoms with Gasteiger partial charge in [0.15, 0.2) is 0 Å². The first-order chi connectivity index (χ1) is 7.18. The number of benzene rings is 1. The normalized spacial score (nSPS) is 12.7. The second-order valence-corrected chi connectivity index (χ2v) is 4.64. The molecule has 0 aliphatic heterocycles. The zero-order valence-corrected chi connectivity index (χ0v) is 9.84. The Balaban J connectivity index is 2.32. The van der Waals surface area contributed by atoms with Crippen LogP contribution in [0.5, 0.6) is 0 Å². The smallest absolute Gasteiger partial charge is 0.0562 e. The van der Waals surface area contributed by atoms with Crippen LogP contribution in [0.4, 0.5) is 0 Å². The third kappa shape index (κ3) is 2.11. The van der Waals surface area contributed by atoms with Crippen molar-refractivity contribution in [2.75, 3.05) is 0 Å². The summed E-state index contributed by atoms with van der Waals surface area (Å²) in [6.07, 6.45) is 0. The number of aryl methyl sites for hydroxylation is 2. The minimum atomic E-state index is 0.0110. The van der Waals surface area contributed by atoms with Crippen LogP contribution in [0.3, 0.4) is 0 Å². The quantitative estimate of drug-likeness (QED) is 0.819. The van der Waals surface area contributed by atoms with E-state index in [1.165, 1.54) is 22.3 Å². The van der Waals surface area contributed by atoms with E-state index in [1.807, 2.05) is 0 Å². The Morgan fingerprint density at radius 2 is 1.73 bits per heavy atom. The Kier molecular flexibility index (Phi) is 2.89. The first-order valence-corrected chi connectivity index (χ1v) is 5.97. The van der Waals surface area contributed by atoms with E-state index in [4.69, 9.17) is 5.73 Å². The summed E-state index contributed by atoms with van der Waals surface area (Å²) in [6.45, 7) is 4.20. The van der Waals surface area contributed by atoms with E-state index in [2.05, 4.69) is 48.9 Å². The molecule has 0 bridgehead atoms. The summed E-state index contributed by atoms with van der Waals surface area (Å²) in [5.74, 6) is 0. The monoisotopic (exact) mass is 217 g/mol. The van der Waals surface area contributed by atoms with Crippen LogP contribution < -0.4 is 5.73 Å². The van der Waals surface area contributed by atoms with Crippen molar-refractivity contribution in [3.63, 3.8) is 0 Å². The van der Waals surface area contributed by atoms with Gasteiger partial charge in [-0.25, -0.2) is 0 Å². The lowest BCUT2D eigenvalue weighted by atomic mass is 9.99. The van der Waals surface area contributed by atoms with Crippen LogP contribution >= 0.6 is 11.3 Å². The fraction of sp³-hybridized carbons (Fsp3) is 0.231. The Bertz CT molecular complexity index is 442. The van der Waals surface area contributed by atoms with Crippen molar-refractivity contribution in [2.45, 2.75) is 19.9 Å². The van der Waals surface area contributed by atoms with Crippen molar-refractivity contribution in [3.8, 4) is 0 Å². The lowest BCUT2D eigenvalue weighted by molar-refractivity contribution is 0.867. The fourth-order valence-corrected chi connectivity index (χ4v) is 2.53. The van der Waals surface area contributed by atoms with Gasteiger partial charge >= 0.3 is 0 Å². The topological polar surface area (TPSA) is 26.0 Å². The maximum atomic E-state index is 6.22. The van der Waals surface area contributed by atoms with Gasteiger partial charge in [0, 0.05) is 0 Å². The van der Waals surface area contributed by atoms with E-state index in [1.54, 1.807) is 11.3 Å². The minimum absolute atomic E-state index is 0.0110. The summed E-state index contributed by atoms with van der Waals surface area (Å²) >= 11 is 1.71. The highest BCUT2D eigenvalue weighted by atomic mass is 32.1. The molecule has 0 amide bonds. The highest BCUT2D eigenvalue weighted by molar-refractivity contribution is 7.08. The van der Waals surface area contributed by atoms with Crippen LogP contribution in [-0.2, 0) is 0 Å². The van der Waals surface area contributed by atoms with Crippen LogP contribution in [0.2, 0.25) is 0 Å². The summed E-state index contributed by atoms with van der Waals surface area (Å²) in [5.41, 5.74) is 11.2. The molecule has 0 saturated carbocycles. The molecule has 0 radical (unpaired) electrons. The number of thiophene rings is 1. The second kappa shape index (κ2) is 4.17. The number of nitrogens with two attached hydrogens (primary N) is 1. The van der Waals surface area contributed by atoms with Gasteiger partial charge in [-0.3, -0.25) is 0 Å². The maximum absolute atomic E-state index is 6.22. The predicted octanol–water partition coefficient (Wildman–Crippen LogP) is 3.41. The van der Waals surface area contributed by atoms with E-state index in [9.17, 15) is 0 Å². The van der Waals surface area contributed by atoms with Gasteiger partial charge in [-0.2, -0.15) is 11.3 Å². The third-order valence-electron chi connectivity index (χ3n) is 2.67. The second-order valence-electron chi connectivity index (χ2n) is 3.90. The average molecular weight is 217 g/mol. The summed E-state index contributed by atoms with van der Waals surface area (Å²) in [4.78, 5) is 0. The lowest BCUT2D eigenvalue weighted by Crippen LogP contribution is -2.11. The zero-order chi connectivity index (χ0) is 10.8. The summed E-state index contributed by atoms with van der Waals surface area (Å²) in [7, 11) is 0. The molecule has 0 aliphatic carbocycles. The fourth-order valence-electron chi connectivity index (χ4n) is 1.64. The van der Waals surface area contributed by atoms with E-state index in [0.29, 0.717) is 0 Å². The molecule has 2 rings (SSSR count). The van der Waals surface area contributed by atoms with Gasteiger partial charge in [0.05, 0.1) is 6.04 Å². The van der Waals surface area contributed by atoms with Crippen molar-refractivity contribution in [1.82, 2.24) is 0 Å². The van der Waals surface area contributed by atoms with Crippen LogP contribution in [-0.4, -0.2) is 0 Å². The number of rotatable bonds is 2. The maximum Gasteiger partial charge on any atom is 0.0562 e. The zero-order valence-electron chi connectivity index (χ0n) is 9.03. The molecular weight excluding hydrogens is 202 g/mol. The summed E-state index contributed by atoms with van der Waals surface area (Å²) in [5, 5.41) is 4.28. The number of hydrogen-bond acceptors (Lipinski definition) is 2. The predicted molar refractivity (Wildman–Crippen MR) is 66.3 cm³/mol. The first-order valence-electron chi connectivity index (χ1n) is 5.03. The van der Waals surface area contributed by atoms with Crippen molar-refractivity contribution < 1.29 is 0 Å². The van der Waals surface area contributed by atoms with Gasteiger partial charge in [0.25, 0.3) is 0 Å². The van der Waals surface area contributed by atoms with Crippen molar-refractivity contribution >= 4 is 11.3 Å². The van der Waals surface area contributed by atoms with E-state index in [-0.39, 0.29) is 6.04 Å².